The normalized spacial score (nSPS) is 19.2. The summed E-state index contributed by atoms with van der Waals surface area (Å²) < 4.78 is 0. The molecular weight excluding hydrogens is 192 g/mol. The average Bonchev–Trinajstić information content (AvgIpc) is 2.19. The highest BCUT2D eigenvalue weighted by molar-refractivity contribution is 5.78. The number of amides is 1. The first-order valence-electron chi connectivity index (χ1n) is 5.31. The number of nitrogens with zero attached hydrogens (tertiary/aromatic N) is 2. The highest BCUT2D eigenvalue weighted by Crippen LogP contribution is 1.93. The van der Waals surface area contributed by atoms with E-state index >= 15 is 0 Å². The van der Waals surface area contributed by atoms with E-state index < -0.39 is 0 Å². The second kappa shape index (κ2) is 6.38. The minimum absolute atomic E-state index is 0.0136. The van der Waals surface area contributed by atoms with Crippen molar-refractivity contribution in [2.24, 2.45) is 0 Å². The number of nitriles is 1. The predicted molar refractivity (Wildman–Crippen MR) is 57.1 cm³/mol. The second-order valence-electron chi connectivity index (χ2n) is 3.86. The van der Waals surface area contributed by atoms with Crippen molar-refractivity contribution in [3.8, 4) is 6.07 Å². The van der Waals surface area contributed by atoms with Crippen molar-refractivity contribution in [2.45, 2.75) is 19.4 Å². The van der Waals surface area contributed by atoms with Gasteiger partial charge in [-0.2, -0.15) is 5.26 Å². The summed E-state index contributed by atoms with van der Waals surface area (Å²) in [5.41, 5.74) is 0. The van der Waals surface area contributed by atoms with Crippen molar-refractivity contribution < 1.29 is 4.79 Å². The van der Waals surface area contributed by atoms with Crippen molar-refractivity contribution in [2.75, 3.05) is 32.7 Å². The van der Waals surface area contributed by atoms with Gasteiger partial charge in [-0.15, -0.1) is 0 Å². The van der Waals surface area contributed by atoms with Gasteiger partial charge in [0.15, 0.2) is 0 Å². The van der Waals surface area contributed by atoms with Gasteiger partial charge in [0.1, 0.15) is 0 Å². The Morgan fingerprint density at radius 2 is 2.27 bits per heavy atom. The summed E-state index contributed by atoms with van der Waals surface area (Å²) in [6.45, 7) is 6.01. The summed E-state index contributed by atoms with van der Waals surface area (Å²) in [5.74, 6) is 0.0136. The van der Waals surface area contributed by atoms with Crippen LogP contribution < -0.4 is 10.6 Å². The average molecular weight is 210 g/mol. The molecule has 1 aliphatic heterocycles. The Morgan fingerprint density at radius 1 is 1.60 bits per heavy atom. The quantitative estimate of drug-likeness (QED) is 0.644. The molecule has 0 bridgehead atoms. The van der Waals surface area contributed by atoms with Gasteiger partial charge in [0, 0.05) is 32.2 Å². The lowest BCUT2D eigenvalue weighted by atomic mass is 10.2. The number of piperazine rings is 1. The van der Waals surface area contributed by atoms with Crippen LogP contribution in [0, 0.1) is 11.3 Å². The number of hydrogen-bond acceptors (Lipinski definition) is 4. The molecule has 5 heteroatoms. The van der Waals surface area contributed by atoms with Gasteiger partial charge >= 0.3 is 0 Å². The maximum Gasteiger partial charge on any atom is 0.234 e. The summed E-state index contributed by atoms with van der Waals surface area (Å²) in [7, 11) is 0. The molecule has 1 aliphatic rings. The Balaban J connectivity index is 2.20. The predicted octanol–water partition coefficient (Wildman–Crippen LogP) is -0.690. The zero-order valence-corrected chi connectivity index (χ0v) is 9.12. The monoisotopic (exact) mass is 210 g/mol. The number of carbonyl (C=O) groups excluding carboxylic acids is 1. The Morgan fingerprint density at radius 3 is 2.87 bits per heavy atom. The summed E-state index contributed by atoms with van der Waals surface area (Å²) in [4.78, 5) is 13.6. The van der Waals surface area contributed by atoms with Gasteiger partial charge in [0.25, 0.3) is 0 Å². The lowest BCUT2D eigenvalue weighted by Crippen LogP contribution is -2.48. The summed E-state index contributed by atoms with van der Waals surface area (Å²) >= 11 is 0. The molecule has 0 spiro atoms. The second-order valence-corrected chi connectivity index (χ2v) is 3.86. The van der Waals surface area contributed by atoms with E-state index in [-0.39, 0.29) is 11.9 Å². The minimum Gasteiger partial charge on any atom is -0.352 e. The van der Waals surface area contributed by atoms with Crippen LogP contribution in [0.5, 0.6) is 0 Å². The summed E-state index contributed by atoms with van der Waals surface area (Å²) in [5, 5.41) is 14.5. The largest absolute Gasteiger partial charge is 0.352 e. The highest BCUT2D eigenvalue weighted by atomic mass is 16.2. The zero-order chi connectivity index (χ0) is 11.1. The van der Waals surface area contributed by atoms with Crippen LogP contribution in [0.25, 0.3) is 0 Å². The van der Waals surface area contributed by atoms with E-state index in [0.29, 0.717) is 13.0 Å². The molecule has 1 atom stereocenters. The molecule has 0 saturated carbocycles. The molecule has 0 aliphatic carbocycles. The summed E-state index contributed by atoms with van der Waals surface area (Å²) in [6.07, 6.45) is 0.368. The van der Waals surface area contributed by atoms with Crippen LogP contribution in [0.1, 0.15) is 13.3 Å². The van der Waals surface area contributed by atoms with Crippen LogP contribution in [0.3, 0.4) is 0 Å². The molecule has 84 valence electrons. The Labute approximate surface area is 90.4 Å². The zero-order valence-electron chi connectivity index (χ0n) is 9.12. The molecule has 0 aromatic heterocycles. The maximum atomic E-state index is 11.5. The van der Waals surface area contributed by atoms with Crippen molar-refractivity contribution in [3.63, 3.8) is 0 Å². The minimum atomic E-state index is -0.0505. The molecule has 1 heterocycles. The van der Waals surface area contributed by atoms with Gasteiger partial charge < -0.3 is 10.6 Å². The van der Waals surface area contributed by atoms with Gasteiger partial charge in [0.05, 0.1) is 19.0 Å². The van der Waals surface area contributed by atoms with E-state index in [9.17, 15) is 4.79 Å². The third-order valence-corrected chi connectivity index (χ3v) is 2.38. The third kappa shape index (κ3) is 4.77. The van der Waals surface area contributed by atoms with Crippen LogP contribution in [-0.4, -0.2) is 49.6 Å². The number of hydrogen-bond donors (Lipinski definition) is 2. The molecule has 5 nitrogen and oxygen atoms in total. The first-order valence-corrected chi connectivity index (χ1v) is 5.31. The molecule has 1 amide bonds. The van der Waals surface area contributed by atoms with Crippen LogP contribution in [0.2, 0.25) is 0 Å². The van der Waals surface area contributed by atoms with Crippen LogP contribution in [0.15, 0.2) is 0 Å². The Bertz CT molecular complexity index is 242. The van der Waals surface area contributed by atoms with Crippen LogP contribution in [-0.2, 0) is 4.79 Å². The van der Waals surface area contributed by atoms with E-state index in [0.717, 1.165) is 26.2 Å². The SMILES string of the molecule is CC(CC#N)NC(=O)CN1CCNCC1. The number of rotatable bonds is 4. The molecule has 0 aromatic rings. The first-order chi connectivity index (χ1) is 7.22. The highest BCUT2D eigenvalue weighted by Gasteiger charge is 2.14. The molecule has 15 heavy (non-hydrogen) atoms. The van der Waals surface area contributed by atoms with Gasteiger partial charge in [0.2, 0.25) is 5.91 Å². The lowest BCUT2D eigenvalue weighted by Gasteiger charge is -2.26. The van der Waals surface area contributed by atoms with Crippen molar-refractivity contribution in [1.29, 1.82) is 5.26 Å². The topological polar surface area (TPSA) is 68.2 Å². The molecule has 1 saturated heterocycles. The Kier molecular flexibility index (Phi) is 5.08. The summed E-state index contributed by atoms with van der Waals surface area (Å²) in [6, 6.07) is 1.99. The molecule has 0 radical (unpaired) electrons. The standard InChI is InChI=1S/C10H18N4O/c1-9(2-3-11)13-10(15)8-14-6-4-12-5-7-14/h9,12H,2,4-8H2,1H3,(H,13,15). The van der Waals surface area contributed by atoms with Crippen LogP contribution in [0.4, 0.5) is 0 Å². The fourth-order valence-corrected chi connectivity index (χ4v) is 1.58. The molecule has 1 fully saturated rings. The Hall–Kier alpha value is -1.12. The molecule has 1 rings (SSSR count). The van der Waals surface area contributed by atoms with E-state index in [1.807, 2.05) is 13.0 Å². The molecule has 2 N–H and O–H groups in total. The number of nitrogens with one attached hydrogen (secondary N) is 2. The van der Waals surface area contributed by atoms with Gasteiger partial charge in [-0.1, -0.05) is 0 Å². The van der Waals surface area contributed by atoms with Gasteiger partial charge in [-0.05, 0) is 6.92 Å². The lowest BCUT2D eigenvalue weighted by molar-refractivity contribution is -0.122. The fourth-order valence-electron chi connectivity index (χ4n) is 1.58. The van der Waals surface area contributed by atoms with E-state index in [1.165, 1.54) is 0 Å². The third-order valence-electron chi connectivity index (χ3n) is 2.38. The van der Waals surface area contributed by atoms with E-state index in [1.54, 1.807) is 0 Å². The van der Waals surface area contributed by atoms with Crippen molar-refractivity contribution in [3.05, 3.63) is 0 Å². The maximum absolute atomic E-state index is 11.5. The molecule has 1 unspecified atom stereocenters. The van der Waals surface area contributed by atoms with E-state index in [2.05, 4.69) is 15.5 Å². The van der Waals surface area contributed by atoms with Crippen molar-refractivity contribution in [1.82, 2.24) is 15.5 Å². The first kappa shape index (κ1) is 12.0. The number of carbonyl (C=O) groups is 1. The van der Waals surface area contributed by atoms with Gasteiger partial charge in [-0.25, -0.2) is 0 Å². The van der Waals surface area contributed by atoms with E-state index in [4.69, 9.17) is 5.26 Å². The smallest absolute Gasteiger partial charge is 0.234 e. The van der Waals surface area contributed by atoms with Crippen molar-refractivity contribution >= 4 is 5.91 Å². The molecular formula is C10H18N4O. The van der Waals surface area contributed by atoms with Crippen LogP contribution >= 0.6 is 0 Å². The molecule has 0 aromatic carbocycles. The van der Waals surface area contributed by atoms with Gasteiger partial charge in [-0.3, -0.25) is 9.69 Å². The fraction of sp³-hybridized carbons (Fsp3) is 0.800.